The van der Waals surface area contributed by atoms with Crippen molar-refractivity contribution in [1.82, 2.24) is 14.8 Å². The summed E-state index contributed by atoms with van der Waals surface area (Å²) < 4.78 is 6.81. The molecule has 0 saturated carbocycles. The van der Waals surface area contributed by atoms with E-state index in [0.717, 1.165) is 18.4 Å². The Morgan fingerprint density at radius 1 is 1.06 bits per heavy atom. The zero-order valence-corrected chi connectivity index (χ0v) is 18.5. The zero-order valence-electron chi connectivity index (χ0n) is 18.5. The van der Waals surface area contributed by atoms with Crippen molar-refractivity contribution in [3.05, 3.63) is 69.6 Å². The highest BCUT2D eigenvalue weighted by Crippen LogP contribution is 2.20. The van der Waals surface area contributed by atoms with Gasteiger partial charge in [-0.15, -0.1) is 0 Å². The fraction of sp³-hybridized carbons (Fsp3) is 0.417. The Bertz CT molecular complexity index is 1030. The molecule has 32 heavy (non-hydrogen) atoms. The van der Waals surface area contributed by atoms with Crippen LogP contribution in [-0.4, -0.2) is 53.0 Å². The topological polar surface area (TPSA) is 97.7 Å². The summed E-state index contributed by atoms with van der Waals surface area (Å²) >= 11 is 0. The minimum absolute atomic E-state index is 0.0988. The summed E-state index contributed by atoms with van der Waals surface area (Å²) in [7, 11) is 0. The molecular formula is C24H29N3O5. The zero-order chi connectivity index (χ0) is 23.1. The molecule has 0 radical (unpaired) electrons. The van der Waals surface area contributed by atoms with Gasteiger partial charge in [-0.3, -0.25) is 14.4 Å². The van der Waals surface area contributed by atoms with Crippen LogP contribution in [0.2, 0.25) is 0 Å². The van der Waals surface area contributed by atoms with Gasteiger partial charge in [-0.1, -0.05) is 30.3 Å². The SMILES string of the molecule is CCNC(=O)c1cn(Cc2ccccc2)cc(C(=O)N2CCCC[C@@H]2C(=O)OCC)c1=O. The Morgan fingerprint density at radius 2 is 1.78 bits per heavy atom. The summed E-state index contributed by atoms with van der Waals surface area (Å²) in [5, 5.41) is 2.63. The Kier molecular flexibility index (Phi) is 7.81. The number of rotatable bonds is 7. The summed E-state index contributed by atoms with van der Waals surface area (Å²) in [6.07, 6.45) is 4.95. The van der Waals surface area contributed by atoms with Crippen LogP contribution in [-0.2, 0) is 16.1 Å². The molecule has 0 spiro atoms. The second kappa shape index (κ2) is 10.7. The standard InChI is InChI=1S/C24H29N3O5/c1-3-25-22(29)18-15-26(14-17-10-6-5-7-11-17)16-19(21(18)28)23(30)27-13-9-8-12-20(27)24(31)32-4-2/h5-7,10-11,15-16,20H,3-4,8-9,12-14H2,1-2H3,(H,25,29)/t20-/m1/s1. The van der Waals surface area contributed by atoms with E-state index in [4.69, 9.17) is 4.74 Å². The van der Waals surface area contributed by atoms with E-state index in [1.54, 1.807) is 18.4 Å². The van der Waals surface area contributed by atoms with Crippen LogP contribution >= 0.6 is 0 Å². The van der Waals surface area contributed by atoms with Gasteiger partial charge < -0.3 is 19.5 Å². The van der Waals surface area contributed by atoms with Crippen molar-refractivity contribution in [2.45, 2.75) is 45.7 Å². The van der Waals surface area contributed by atoms with Crippen LogP contribution in [0.1, 0.15) is 59.4 Å². The lowest BCUT2D eigenvalue weighted by atomic mass is 10.0. The first-order chi connectivity index (χ1) is 15.5. The molecule has 2 amide bonds. The van der Waals surface area contributed by atoms with Crippen LogP contribution in [0.4, 0.5) is 0 Å². The first-order valence-electron chi connectivity index (χ1n) is 11.0. The molecule has 8 nitrogen and oxygen atoms in total. The molecule has 170 valence electrons. The van der Waals surface area contributed by atoms with E-state index in [-0.39, 0.29) is 17.7 Å². The quantitative estimate of drug-likeness (QED) is 0.667. The van der Waals surface area contributed by atoms with Crippen molar-refractivity contribution >= 4 is 17.8 Å². The number of piperidine rings is 1. The monoisotopic (exact) mass is 439 g/mol. The van der Waals surface area contributed by atoms with Crippen LogP contribution in [0.3, 0.4) is 0 Å². The second-order valence-corrected chi connectivity index (χ2v) is 7.69. The van der Waals surface area contributed by atoms with Gasteiger partial charge in [-0.25, -0.2) is 4.79 Å². The predicted octanol–water partition coefficient (Wildman–Crippen LogP) is 2.20. The van der Waals surface area contributed by atoms with Crippen molar-refractivity contribution in [3.8, 4) is 0 Å². The number of aromatic nitrogens is 1. The molecule has 0 unspecified atom stereocenters. The van der Waals surface area contributed by atoms with E-state index >= 15 is 0 Å². The number of likely N-dealkylation sites (tertiary alicyclic amines) is 1. The largest absolute Gasteiger partial charge is 0.464 e. The van der Waals surface area contributed by atoms with Gasteiger partial charge >= 0.3 is 5.97 Å². The lowest BCUT2D eigenvalue weighted by Crippen LogP contribution is -2.50. The highest BCUT2D eigenvalue weighted by atomic mass is 16.5. The third-order valence-electron chi connectivity index (χ3n) is 5.42. The number of amides is 2. The number of esters is 1. The number of nitrogens with one attached hydrogen (secondary N) is 1. The van der Waals surface area contributed by atoms with Gasteiger partial charge in [-0.05, 0) is 38.7 Å². The fourth-order valence-electron chi connectivity index (χ4n) is 3.90. The number of benzene rings is 1. The molecular weight excluding hydrogens is 410 g/mol. The normalized spacial score (nSPS) is 15.8. The van der Waals surface area contributed by atoms with E-state index in [1.807, 2.05) is 30.3 Å². The maximum absolute atomic E-state index is 13.5. The minimum Gasteiger partial charge on any atom is -0.464 e. The summed E-state index contributed by atoms with van der Waals surface area (Å²) in [6.45, 7) is 4.78. The maximum Gasteiger partial charge on any atom is 0.328 e. The Labute approximate surface area is 187 Å². The molecule has 1 atom stereocenters. The second-order valence-electron chi connectivity index (χ2n) is 7.69. The smallest absolute Gasteiger partial charge is 0.328 e. The molecule has 3 rings (SSSR count). The summed E-state index contributed by atoms with van der Waals surface area (Å²) in [4.78, 5) is 53.0. The van der Waals surface area contributed by atoms with Gasteiger partial charge in [0.2, 0.25) is 5.43 Å². The van der Waals surface area contributed by atoms with E-state index < -0.39 is 29.3 Å². The Hall–Kier alpha value is -3.42. The maximum atomic E-state index is 13.5. The molecule has 1 aromatic carbocycles. The minimum atomic E-state index is -0.730. The molecule has 2 aromatic rings. The van der Waals surface area contributed by atoms with Gasteiger partial charge in [0.25, 0.3) is 11.8 Å². The summed E-state index contributed by atoms with van der Waals surface area (Å²) in [5.74, 6) is -1.56. The van der Waals surface area contributed by atoms with E-state index in [2.05, 4.69) is 5.32 Å². The fourth-order valence-corrected chi connectivity index (χ4v) is 3.90. The first kappa shape index (κ1) is 23.2. The van der Waals surface area contributed by atoms with Gasteiger partial charge in [-0.2, -0.15) is 0 Å². The Morgan fingerprint density at radius 3 is 2.47 bits per heavy atom. The number of hydrogen-bond donors (Lipinski definition) is 1. The lowest BCUT2D eigenvalue weighted by Gasteiger charge is -2.34. The van der Waals surface area contributed by atoms with E-state index in [0.29, 0.717) is 26.1 Å². The van der Waals surface area contributed by atoms with Crippen molar-refractivity contribution in [2.24, 2.45) is 0 Å². The molecule has 1 aliphatic heterocycles. The van der Waals surface area contributed by atoms with Crippen LogP contribution < -0.4 is 10.7 Å². The average Bonchev–Trinajstić information content (AvgIpc) is 2.80. The number of pyridine rings is 1. The molecule has 1 fully saturated rings. The molecule has 1 N–H and O–H groups in total. The van der Waals surface area contributed by atoms with E-state index in [9.17, 15) is 19.2 Å². The van der Waals surface area contributed by atoms with Gasteiger partial charge in [0.1, 0.15) is 17.2 Å². The molecule has 0 bridgehead atoms. The number of carbonyl (C=O) groups is 3. The summed E-state index contributed by atoms with van der Waals surface area (Å²) in [6, 6.07) is 8.81. The van der Waals surface area contributed by atoms with Gasteiger partial charge in [0.15, 0.2) is 0 Å². The number of hydrogen-bond acceptors (Lipinski definition) is 5. The number of carbonyl (C=O) groups excluding carboxylic acids is 3. The van der Waals surface area contributed by atoms with Crippen molar-refractivity contribution in [1.29, 1.82) is 0 Å². The first-order valence-corrected chi connectivity index (χ1v) is 11.0. The van der Waals surface area contributed by atoms with Crippen molar-refractivity contribution in [2.75, 3.05) is 19.7 Å². The molecule has 1 saturated heterocycles. The van der Waals surface area contributed by atoms with Gasteiger partial charge in [0.05, 0.1) is 6.61 Å². The number of ether oxygens (including phenoxy) is 1. The lowest BCUT2D eigenvalue weighted by molar-refractivity contribution is -0.149. The average molecular weight is 440 g/mol. The van der Waals surface area contributed by atoms with Crippen LogP contribution in [0.25, 0.3) is 0 Å². The van der Waals surface area contributed by atoms with Crippen LogP contribution in [0.15, 0.2) is 47.5 Å². The van der Waals surface area contributed by atoms with Gasteiger partial charge in [0, 0.05) is 32.0 Å². The summed E-state index contributed by atoms with van der Waals surface area (Å²) in [5.41, 5.74) is 0.0939. The van der Waals surface area contributed by atoms with Crippen molar-refractivity contribution < 1.29 is 19.1 Å². The number of nitrogens with zero attached hydrogens (tertiary/aromatic N) is 2. The molecule has 0 aliphatic carbocycles. The third-order valence-corrected chi connectivity index (χ3v) is 5.42. The van der Waals surface area contributed by atoms with Crippen LogP contribution in [0.5, 0.6) is 0 Å². The third kappa shape index (κ3) is 5.25. The highest BCUT2D eigenvalue weighted by Gasteiger charge is 2.35. The van der Waals surface area contributed by atoms with E-state index in [1.165, 1.54) is 17.3 Å². The molecule has 8 heteroatoms. The Balaban J connectivity index is 2.02. The molecule has 2 heterocycles. The van der Waals surface area contributed by atoms with Crippen molar-refractivity contribution in [3.63, 3.8) is 0 Å². The highest BCUT2D eigenvalue weighted by molar-refractivity contribution is 6.00. The molecule has 1 aliphatic rings. The van der Waals surface area contributed by atoms with Crippen LogP contribution in [0, 0.1) is 0 Å². The molecule has 1 aromatic heterocycles. The predicted molar refractivity (Wildman–Crippen MR) is 120 cm³/mol.